The molecule has 1 aromatic heterocycles. The summed E-state index contributed by atoms with van der Waals surface area (Å²) in [5.74, 6) is 0. The zero-order valence-electron chi connectivity index (χ0n) is 10.00. The Morgan fingerprint density at radius 3 is 2.78 bits per heavy atom. The third-order valence-electron chi connectivity index (χ3n) is 3.43. The van der Waals surface area contributed by atoms with Gasteiger partial charge in [-0.25, -0.2) is 4.68 Å². The smallest absolute Gasteiger partial charge is 0.130 e. The molecule has 1 aromatic carbocycles. The van der Waals surface area contributed by atoms with Crippen molar-refractivity contribution in [2.45, 2.75) is 32.2 Å². The van der Waals surface area contributed by atoms with Gasteiger partial charge < -0.3 is 0 Å². The highest BCUT2D eigenvalue weighted by atomic mass is 79.9. The Kier molecular flexibility index (Phi) is 3.44. The molecule has 4 heteroatoms. The van der Waals surface area contributed by atoms with Gasteiger partial charge in [-0.3, -0.25) is 0 Å². The fourth-order valence-electron chi connectivity index (χ4n) is 2.46. The van der Waals surface area contributed by atoms with Gasteiger partial charge in [0.15, 0.2) is 0 Å². The van der Waals surface area contributed by atoms with Gasteiger partial charge in [-0.1, -0.05) is 45.7 Å². The standard InChI is InChI=1S/C14H14BrClN2/c15-12-7-3-1-5-10(12)9-18-14(16)11-6-2-4-8-13(11)17-18/h1,3,5,7H,2,4,6,8-9H2. The molecular formula is C14H14BrClN2. The summed E-state index contributed by atoms with van der Waals surface area (Å²) in [4.78, 5) is 0. The molecule has 0 spiro atoms. The number of aryl methyl sites for hydroxylation is 1. The normalized spacial score (nSPS) is 14.6. The molecule has 94 valence electrons. The quantitative estimate of drug-likeness (QED) is 0.808. The number of fused-ring (bicyclic) bond motifs is 1. The molecule has 0 aliphatic heterocycles. The molecule has 0 amide bonds. The maximum absolute atomic E-state index is 6.43. The highest BCUT2D eigenvalue weighted by Gasteiger charge is 2.19. The Labute approximate surface area is 120 Å². The fourth-order valence-corrected chi connectivity index (χ4v) is 3.17. The molecule has 0 saturated carbocycles. The summed E-state index contributed by atoms with van der Waals surface area (Å²) in [6.45, 7) is 0.729. The van der Waals surface area contributed by atoms with E-state index in [1.54, 1.807) is 0 Å². The van der Waals surface area contributed by atoms with Gasteiger partial charge in [0.2, 0.25) is 0 Å². The van der Waals surface area contributed by atoms with E-state index < -0.39 is 0 Å². The van der Waals surface area contributed by atoms with Crippen molar-refractivity contribution in [2.75, 3.05) is 0 Å². The Morgan fingerprint density at radius 1 is 1.22 bits per heavy atom. The van der Waals surface area contributed by atoms with E-state index in [4.69, 9.17) is 11.6 Å². The second-order valence-electron chi connectivity index (χ2n) is 4.67. The van der Waals surface area contributed by atoms with E-state index in [1.807, 2.05) is 22.9 Å². The number of halogens is 2. The Morgan fingerprint density at radius 2 is 2.00 bits per heavy atom. The minimum Gasteiger partial charge on any atom is -0.249 e. The van der Waals surface area contributed by atoms with Crippen molar-refractivity contribution in [3.05, 3.63) is 50.7 Å². The minimum absolute atomic E-state index is 0.729. The van der Waals surface area contributed by atoms with Crippen LogP contribution in [-0.2, 0) is 19.4 Å². The van der Waals surface area contributed by atoms with Crippen LogP contribution in [-0.4, -0.2) is 9.78 Å². The molecule has 0 N–H and O–H groups in total. The van der Waals surface area contributed by atoms with E-state index in [9.17, 15) is 0 Å². The topological polar surface area (TPSA) is 17.8 Å². The molecule has 0 unspecified atom stereocenters. The second kappa shape index (κ2) is 5.06. The number of nitrogens with zero attached hydrogens (tertiary/aromatic N) is 2. The molecule has 18 heavy (non-hydrogen) atoms. The molecule has 1 heterocycles. The van der Waals surface area contributed by atoms with Gasteiger partial charge in [-0.05, 0) is 37.3 Å². The minimum atomic E-state index is 0.729. The first kappa shape index (κ1) is 12.2. The number of rotatable bonds is 2. The van der Waals surface area contributed by atoms with Crippen LogP contribution in [0.2, 0.25) is 5.15 Å². The highest BCUT2D eigenvalue weighted by Crippen LogP contribution is 2.28. The Balaban J connectivity index is 1.94. The van der Waals surface area contributed by atoms with Crippen molar-refractivity contribution in [2.24, 2.45) is 0 Å². The largest absolute Gasteiger partial charge is 0.249 e. The van der Waals surface area contributed by atoms with Gasteiger partial charge in [0.1, 0.15) is 5.15 Å². The van der Waals surface area contributed by atoms with Crippen LogP contribution >= 0.6 is 27.5 Å². The molecule has 0 saturated heterocycles. The number of hydrogen-bond acceptors (Lipinski definition) is 1. The zero-order valence-corrected chi connectivity index (χ0v) is 12.3. The molecular weight excluding hydrogens is 312 g/mol. The van der Waals surface area contributed by atoms with Gasteiger partial charge in [-0.15, -0.1) is 0 Å². The summed E-state index contributed by atoms with van der Waals surface area (Å²) in [6.07, 6.45) is 4.60. The zero-order chi connectivity index (χ0) is 12.5. The van der Waals surface area contributed by atoms with Gasteiger partial charge in [0.25, 0.3) is 0 Å². The third kappa shape index (κ3) is 2.21. The second-order valence-corrected chi connectivity index (χ2v) is 5.88. The van der Waals surface area contributed by atoms with Crippen LogP contribution in [0, 0.1) is 0 Å². The average molecular weight is 326 g/mol. The highest BCUT2D eigenvalue weighted by molar-refractivity contribution is 9.10. The predicted octanol–water partition coefficient (Wildman–Crippen LogP) is 4.23. The maximum atomic E-state index is 6.43. The molecule has 1 aliphatic carbocycles. The summed E-state index contributed by atoms with van der Waals surface area (Å²) < 4.78 is 3.03. The van der Waals surface area contributed by atoms with Crippen molar-refractivity contribution < 1.29 is 0 Å². The summed E-state index contributed by atoms with van der Waals surface area (Å²) in [7, 11) is 0. The Bertz CT molecular complexity index is 577. The lowest BCUT2D eigenvalue weighted by molar-refractivity contribution is 0.645. The number of benzene rings is 1. The van der Waals surface area contributed by atoms with E-state index in [-0.39, 0.29) is 0 Å². The first-order valence-electron chi connectivity index (χ1n) is 6.23. The van der Waals surface area contributed by atoms with Crippen LogP contribution in [0.3, 0.4) is 0 Å². The summed E-state index contributed by atoms with van der Waals surface area (Å²) in [5.41, 5.74) is 3.66. The van der Waals surface area contributed by atoms with Crippen LogP contribution < -0.4 is 0 Å². The van der Waals surface area contributed by atoms with Crippen molar-refractivity contribution in [3.63, 3.8) is 0 Å². The van der Waals surface area contributed by atoms with Crippen LogP contribution in [0.1, 0.15) is 29.7 Å². The van der Waals surface area contributed by atoms with Gasteiger partial charge in [0, 0.05) is 10.0 Å². The van der Waals surface area contributed by atoms with Crippen LogP contribution in [0.25, 0.3) is 0 Å². The summed E-state index contributed by atoms with van der Waals surface area (Å²) >= 11 is 10.00. The van der Waals surface area contributed by atoms with Crippen molar-refractivity contribution in [1.29, 1.82) is 0 Å². The van der Waals surface area contributed by atoms with Crippen molar-refractivity contribution in [3.8, 4) is 0 Å². The fraction of sp³-hybridized carbons (Fsp3) is 0.357. The number of hydrogen-bond donors (Lipinski definition) is 0. The lowest BCUT2D eigenvalue weighted by Gasteiger charge is -2.08. The first-order chi connectivity index (χ1) is 8.75. The summed E-state index contributed by atoms with van der Waals surface area (Å²) in [6, 6.07) is 8.20. The van der Waals surface area contributed by atoms with Crippen molar-refractivity contribution >= 4 is 27.5 Å². The predicted molar refractivity (Wildman–Crippen MR) is 77.1 cm³/mol. The van der Waals surface area contributed by atoms with Crippen LogP contribution in [0.15, 0.2) is 28.7 Å². The third-order valence-corrected chi connectivity index (χ3v) is 4.63. The molecule has 0 atom stereocenters. The molecule has 2 aromatic rings. The lowest BCUT2D eigenvalue weighted by atomic mass is 9.99. The van der Waals surface area contributed by atoms with Crippen LogP contribution in [0.5, 0.6) is 0 Å². The number of aromatic nitrogens is 2. The summed E-state index contributed by atoms with van der Waals surface area (Å²) in [5, 5.41) is 5.47. The maximum Gasteiger partial charge on any atom is 0.130 e. The van der Waals surface area contributed by atoms with E-state index in [2.05, 4.69) is 27.1 Å². The van der Waals surface area contributed by atoms with E-state index in [0.29, 0.717) is 0 Å². The molecule has 3 rings (SSSR count). The molecule has 1 aliphatic rings. The Hall–Kier alpha value is -0.800. The average Bonchev–Trinajstić information content (AvgIpc) is 2.70. The van der Waals surface area contributed by atoms with Crippen LogP contribution in [0.4, 0.5) is 0 Å². The van der Waals surface area contributed by atoms with Gasteiger partial charge in [0.05, 0.1) is 12.2 Å². The van der Waals surface area contributed by atoms with E-state index in [0.717, 1.165) is 29.0 Å². The lowest BCUT2D eigenvalue weighted by Crippen LogP contribution is -2.03. The van der Waals surface area contributed by atoms with Crippen molar-refractivity contribution in [1.82, 2.24) is 9.78 Å². The first-order valence-corrected chi connectivity index (χ1v) is 7.40. The SMILES string of the molecule is Clc1c2c(nn1Cc1ccccc1Br)CCCC2. The monoisotopic (exact) mass is 324 g/mol. The molecule has 2 nitrogen and oxygen atoms in total. The van der Waals surface area contributed by atoms with E-state index in [1.165, 1.54) is 29.7 Å². The molecule has 0 radical (unpaired) electrons. The van der Waals surface area contributed by atoms with E-state index >= 15 is 0 Å². The van der Waals surface area contributed by atoms with Gasteiger partial charge in [-0.2, -0.15) is 5.10 Å². The molecule has 0 bridgehead atoms. The van der Waals surface area contributed by atoms with Gasteiger partial charge >= 0.3 is 0 Å². The molecule has 0 fully saturated rings.